The van der Waals surface area contributed by atoms with Gasteiger partial charge < -0.3 is 4.74 Å². The number of halogens is 1. The Kier molecular flexibility index (Phi) is 4.94. The summed E-state index contributed by atoms with van der Waals surface area (Å²) in [6.45, 7) is 2.02. The van der Waals surface area contributed by atoms with Crippen molar-refractivity contribution in [2.24, 2.45) is 0 Å². The van der Waals surface area contributed by atoms with E-state index in [0.29, 0.717) is 10.1 Å². The predicted octanol–water partition coefficient (Wildman–Crippen LogP) is 4.66. The molecule has 1 unspecified atom stereocenters. The molecule has 0 aliphatic rings. The lowest BCUT2D eigenvalue weighted by molar-refractivity contribution is 0.216. The number of hydrogen-bond donors (Lipinski definition) is 0. The van der Waals surface area contributed by atoms with Crippen molar-refractivity contribution < 1.29 is 4.74 Å². The molecule has 0 radical (unpaired) electrons. The molecule has 19 heavy (non-hydrogen) atoms. The molecule has 1 atom stereocenters. The van der Waals surface area contributed by atoms with E-state index in [9.17, 15) is 0 Å². The third-order valence-electron chi connectivity index (χ3n) is 2.75. The van der Waals surface area contributed by atoms with Gasteiger partial charge in [-0.1, -0.05) is 41.9 Å². The van der Waals surface area contributed by atoms with Crippen LogP contribution in [0.25, 0.3) is 0 Å². The van der Waals surface area contributed by atoms with Gasteiger partial charge in [0.2, 0.25) is 0 Å². The van der Waals surface area contributed by atoms with Crippen LogP contribution in [-0.2, 0) is 11.2 Å². The summed E-state index contributed by atoms with van der Waals surface area (Å²) in [6, 6.07) is 17.6. The van der Waals surface area contributed by atoms with E-state index < -0.39 is 0 Å². The molecule has 1 nitrogen and oxygen atoms in total. The van der Waals surface area contributed by atoms with Crippen molar-refractivity contribution in [1.29, 1.82) is 0 Å². The van der Waals surface area contributed by atoms with Crippen molar-refractivity contribution in [3.63, 3.8) is 0 Å². The first-order chi connectivity index (χ1) is 9.15. The van der Waals surface area contributed by atoms with Crippen molar-refractivity contribution in [3.05, 3.63) is 70.7 Å². The molecule has 0 heterocycles. The van der Waals surface area contributed by atoms with Crippen molar-refractivity contribution in [2.45, 2.75) is 19.4 Å². The maximum atomic E-state index is 5.85. The highest BCUT2D eigenvalue weighted by Crippen LogP contribution is 2.13. The van der Waals surface area contributed by atoms with Gasteiger partial charge in [-0.15, -0.1) is 0 Å². The summed E-state index contributed by atoms with van der Waals surface area (Å²) in [7, 11) is 0. The van der Waals surface area contributed by atoms with Gasteiger partial charge in [-0.25, -0.2) is 0 Å². The summed E-state index contributed by atoms with van der Waals surface area (Å²) >= 11 is 11.1. The Morgan fingerprint density at radius 1 is 1.11 bits per heavy atom. The number of benzene rings is 2. The van der Waals surface area contributed by atoms with Gasteiger partial charge >= 0.3 is 0 Å². The van der Waals surface area contributed by atoms with Gasteiger partial charge in [0.05, 0.1) is 0 Å². The van der Waals surface area contributed by atoms with Crippen molar-refractivity contribution >= 4 is 28.9 Å². The zero-order chi connectivity index (χ0) is 13.7. The highest BCUT2D eigenvalue weighted by atomic mass is 35.5. The molecule has 3 heteroatoms. The molecule has 0 amide bonds. The maximum Gasteiger partial charge on any atom is 0.191 e. The predicted molar refractivity (Wildman–Crippen MR) is 83.8 cm³/mol. The van der Waals surface area contributed by atoms with E-state index in [4.69, 9.17) is 28.6 Å². The SMILES string of the molecule is CC(Cc1ccccc1)OC(=S)c1ccc(Cl)cc1. The van der Waals surface area contributed by atoms with Gasteiger partial charge in [0.25, 0.3) is 0 Å². The molecule has 0 bridgehead atoms. The zero-order valence-corrected chi connectivity index (χ0v) is 12.2. The van der Waals surface area contributed by atoms with Crippen LogP contribution in [0.1, 0.15) is 18.1 Å². The van der Waals surface area contributed by atoms with E-state index in [2.05, 4.69) is 12.1 Å². The molecule has 2 rings (SSSR count). The molecule has 0 saturated heterocycles. The Hall–Kier alpha value is -1.38. The van der Waals surface area contributed by atoms with Crippen molar-refractivity contribution in [3.8, 4) is 0 Å². The molecule has 2 aromatic rings. The number of thiocarbonyl (C=S) groups is 1. The Morgan fingerprint density at radius 3 is 2.37 bits per heavy atom. The average Bonchev–Trinajstić information content (AvgIpc) is 2.40. The van der Waals surface area contributed by atoms with Crippen molar-refractivity contribution in [1.82, 2.24) is 0 Å². The molecule has 0 aromatic heterocycles. The summed E-state index contributed by atoms with van der Waals surface area (Å²) in [5.41, 5.74) is 2.13. The lowest BCUT2D eigenvalue weighted by atomic mass is 10.1. The fourth-order valence-electron chi connectivity index (χ4n) is 1.82. The standard InChI is InChI=1S/C16H15ClOS/c1-12(11-13-5-3-2-4-6-13)18-16(19)14-7-9-15(17)10-8-14/h2-10,12H,11H2,1H3. The van der Waals surface area contributed by atoms with E-state index in [0.717, 1.165) is 12.0 Å². The van der Waals surface area contributed by atoms with E-state index in [-0.39, 0.29) is 6.10 Å². The van der Waals surface area contributed by atoms with E-state index >= 15 is 0 Å². The molecular formula is C16H15ClOS. The smallest absolute Gasteiger partial charge is 0.191 e. The molecular weight excluding hydrogens is 276 g/mol. The lowest BCUT2D eigenvalue weighted by Crippen LogP contribution is -2.16. The largest absolute Gasteiger partial charge is 0.480 e. The number of rotatable bonds is 4. The Bertz CT molecular complexity index is 536. The summed E-state index contributed by atoms with van der Waals surface area (Å²) < 4.78 is 5.77. The summed E-state index contributed by atoms with van der Waals surface area (Å²) in [5.74, 6) is 0. The fourth-order valence-corrected chi connectivity index (χ4v) is 2.25. The summed E-state index contributed by atoms with van der Waals surface area (Å²) in [4.78, 5) is 0. The van der Waals surface area contributed by atoms with Crippen LogP contribution in [0.15, 0.2) is 54.6 Å². The van der Waals surface area contributed by atoms with E-state index in [1.165, 1.54) is 5.56 Å². The number of ether oxygens (including phenoxy) is 1. The minimum absolute atomic E-state index is 0.0468. The molecule has 0 fully saturated rings. The minimum atomic E-state index is 0.0468. The first kappa shape index (κ1) is 14.0. The second-order valence-electron chi connectivity index (χ2n) is 4.41. The van der Waals surface area contributed by atoms with Crippen molar-refractivity contribution in [2.75, 3.05) is 0 Å². The monoisotopic (exact) mass is 290 g/mol. The van der Waals surface area contributed by atoms with Crippen LogP contribution < -0.4 is 0 Å². The summed E-state index contributed by atoms with van der Waals surface area (Å²) in [5, 5.41) is 1.21. The third-order valence-corrected chi connectivity index (χ3v) is 3.34. The molecule has 0 aliphatic heterocycles. The lowest BCUT2D eigenvalue weighted by Gasteiger charge is -2.15. The highest BCUT2D eigenvalue weighted by Gasteiger charge is 2.09. The van der Waals surface area contributed by atoms with Gasteiger partial charge in [0.15, 0.2) is 5.05 Å². The molecule has 0 aliphatic carbocycles. The maximum absolute atomic E-state index is 5.85. The third kappa shape index (κ3) is 4.34. The van der Waals surface area contributed by atoms with Gasteiger partial charge in [-0.3, -0.25) is 0 Å². The number of hydrogen-bond acceptors (Lipinski definition) is 2. The van der Waals surface area contributed by atoms with Gasteiger partial charge in [-0.05, 0) is 49.0 Å². The quantitative estimate of drug-likeness (QED) is 0.757. The second kappa shape index (κ2) is 6.69. The van der Waals surface area contributed by atoms with Crippen LogP contribution in [0.3, 0.4) is 0 Å². The molecule has 0 N–H and O–H groups in total. The normalized spacial score (nSPS) is 11.9. The summed E-state index contributed by atoms with van der Waals surface area (Å²) in [6.07, 6.45) is 0.889. The van der Waals surface area contributed by atoms with Crippen LogP contribution >= 0.6 is 23.8 Å². The van der Waals surface area contributed by atoms with Gasteiger partial charge in [0.1, 0.15) is 6.10 Å². The zero-order valence-electron chi connectivity index (χ0n) is 10.7. The highest BCUT2D eigenvalue weighted by molar-refractivity contribution is 7.80. The van der Waals surface area contributed by atoms with Gasteiger partial charge in [0, 0.05) is 17.0 Å². The van der Waals surface area contributed by atoms with Crippen LogP contribution in [0.5, 0.6) is 0 Å². The average molecular weight is 291 g/mol. The van der Waals surface area contributed by atoms with Crippen LogP contribution in [0.4, 0.5) is 0 Å². The molecule has 98 valence electrons. The topological polar surface area (TPSA) is 9.23 Å². The van der Waals surface area contributed by atoms with Crippen LogP contribution in [-0.4, -0.2) is 11.2 Å². The molecule has 0 spiro atoms. The van der Waals surface area contributed by atoms with Crippen LogP contribution in [0, 0.1) is 0 Å². The van der Waals surface area contributed by atoms with Crippen LogP contribution in [0.2, 0.25) is 5.02 Å². The molecule has 0 saturated carbocycles. The Morgan fingerprint density at radius 2 is 1.74 bits per heavy atom. The van der Waals surface area contributed by atoms with Gasteiger partial charge in [-0.2, -0.15) is 0 Å². The minimum Gasteiger partial charge on any atom is -0.480 e. The van der Waals surface area contributed by atoms with E-state index in [1.54, 1.807) is 0 Å². The Balaban J connectivity index is 1.93. The fraction of sp³-hybridized carbons (Fsp3) is 0.188. The first-order valence-corrected chi connectivity index (χ1v) is 6.94. The first-order valence-electron chi connectivity index (χ1n) is 6.15. The second-order valence-corrected chi connectivity index (χ2v) is 5.22. The Labute approximate surface area is 124 Å². The molecule has 2 aromatic carbocycles. The van der Waals surface area contributed by atoms with E-state index in [1.807, 2.05) is 49.4 Å².